The molecule has 108 valence electrons. The molecule has 0 fully saturated rings. The molecule has 0 aliphatic rings. The highest BCUT2D eigenvalue weighted by molar-refractivity contribution is 6.07. The number of aromatic amines is 1. The van der Waals surface area contributed by atoms with E-state index in [1.807, 2.05) is 43.3 Å². The Kier molecular flexibility index (Phi) is 3.52. The van der Waals surface area contributed by atoms with Crippen LogP contribution in [-0.4, -0.2) is 24.7 Å². The molecule has 0 saturated carbocycles. The topological polar surface area (TPSA) is 51.3 Å². The van der Waals surface area contributed by atoms with E-state index in [9.17, 15) is 4.79 Å². The quantitative estimate of drug-likeness (QED) is 0.746. The maximum atomic E-state index is 11.6. The summed E-state index contributed by atoms with van der Waals surface area (Å²) >= 11 is 0. The molecule has 0 aliphatic heterocycles. The van der Waals surface area contributed by atoms with Gasteiger partial charge in [0.2, 0.25) is 0 Å². The van der Waals surface area contributed by atoms with Crippen LogP contribution < -0.4 is 4.74 Å². The highest BCUT2D eigenvalue weighted by atomic mass is 16.5. The van der Waals surface area contributed by atoms with Gasteiger partial charge >= 0.3 is 5.97 Å². The van der Waals surface area contributed by atoms with E-state index in [0.717, 1.165) is 33.1 Å². The highest BCUT2D eigenvalue weighted by Gasteiger charge is 2.09. The van der Waals surface area contributed by atoms with E-state index in [1.54, 1.807) is 7.11 Å². The van der Waals surface area contributed by atoms with E-state index in [-0.39, 0.29) is 5.97 Å². The van der Waals surface area contributed by atoms with Gasteiger partial charge in [0.05, 0.1) is 20.1 Å². The second-order valence-corrected chi connectivity index (χ2v) is 4.90. The average molecular weight is 283 g/mol. The minimum absolute atomic E-state index is 0.199. The van der Waals surface area contributed by atoms with Crippen molar-refractivity contribution in [3.8, 4) is 5.75 Å². The van der Waals surface area contributed by atoms with Crippen molar-refractivity contribution in [3.05, 3.63) is 42.0 Å². The van der Waals surface area contributed by atoms with Crippen molar-refractivity contribution in [2.75, 3.05) is 13.7 Å². The van der Waals surface area contributed by atoms with Crippen LogP contribution in [0.1, 0.15) is 12.5 Å². The normalized spacial score (nSPS) is 11.0. The standard InChI is InChI=1S/C17H17NO3/c1-3-21-17(19)9-11-4-6-13-14-10-12(20-2)5-7-15(14)18-16(13)8-11/h4-8,10,18H,3,9H2,1-2H3. The van der Waals surface area contributed by atoms with Gasteiger partial charge < -0.3 is 14.5 Å². The number of fused-ring (bicyclic) bond motifs is 3. The number of ether oxygens (including phenoxy) is 2. The van der Waals surface area contributed by atoms with Crippen molar-refractivity contribution in [2.24, 2.45) is 0 Å². The minimum atomic E-state index is -0.199. The average Bonchev–Trinajstić information content (AvgIpc) is 2.84. The Hall–Kier alpha value is -2.49. The Bertz CT molecular complexity index is 804. The van der Waals surface area contributed by atoms with Crippen molar-refractivity contribution in [1.29, 1.82) is 0 Å². The van der Waals surface area contributed by atoms with E-state index in [0.29, 0.717) is 13.0 Å². The third kappa shape index (κ3) is 2.57. The molecule has 0 amide bonds. The Morgan fingerprint density at radius 2 is 1.95 bits per heavy atom. The third-order valence-corrected chi connectivity index (χ3v) is 3.52. The van der Waals surface area contributed by atoms with E-state index >= 15 is 0 Å². The van der Waals surface area contributed by atoms with Crippen LogP contribution in [0.3, 0.4) is 0 Å². The maximum absolute atomic E-state index is 11.6. The number of carbonyl (C=O) groups is 1. The number of hydrogen-bond acceptors (Lipinski definition) is 3. The van der Waals surface area contributed by atoms with Crippen LogP contribution in [-0.2, 0) is 16.0 Å². The van der Waals surface area contributed by atoms with Gasteiger partial charge in [-0.2, -0.15) is 0 Å². The van der Waals surface area contributed by atoms with E-state index < -0.39 is 0 Å². The molecule has 4 nitrogen and oxygen atoms in total. The maximum Gasteiger partial charge on any atom is 0.310 e. The molecule has 3 rings (SSSR count). The molecule has 0 spiro atoms. The molecule has 2 aromatic carbocycles. The molecule has 0 saturated heterocycles. The predicted octanol–water partition coefficient (Wildman–Crippen LogP) is 3.44. The second kappa shape index (κ2) is 5.48. The number of aromatic nitrogens is 1. The van der Waals surface area contributed by atoms with Crippen molar-refractivity contribution in [1.82, 2.24) is 4.98 Å². The molecular weight excluding hydrogens is 266 g/mol. The first-order valence-corrected chi connectivity index (χ1v) is 6.95. The summed E-state index contributed by atoms with van der Waals surface area (Å²) in [6, 6.07) is 11.9. The summed E-state index contributed by atoms with van der Waals surface area (Å²) in [7, 11) is 1.66. The summed E-state index contributed by atoms with van der Waals surface area (Å²) in [5.41, 5.74) is 3.01. The fourth-order valence-corrected chi connectivity index (χ4v) is 2.55. The van der Waals surface area contributed by atoms with Crippen LogP contribution in [0, 0.1) is 0 Å². The van der Waals surface area contributed by atoms with Crippen molar-refractivity contribution in [3.63, 3.8) is 0 Å². The van der Waals surface area contributed by atoms with Gasteiger partial charge in [0, 0.05) is 21.8 Å². The summed E-state index contributed by atoms with van der Waals surface area (Å²) < 4.78 is 10.3. The molecular formula is C17H17NO3. The first-order valence-electron chi connectivity index (χ1n) is 6.95. The third-order valence-electron chi connectivity index (χ3n) is 3.52. The Morgan fingerprint density at radius 1 is 1.10 bits per heavy atom. The number of nitrogens with one attached hydrogen (secondary N) is 1. The molecule has 1 heterocycles. The van der Waals surface area contributed by atoms with Gasteiger partial charge in [0.1, 0.15) is 5.75 Å². The van der Waals surface area contributed by atoms with Crippen molar-refractivity contribution >= 4 is 27.8 Å². The molecule has 4 heteroatoms. The van der Waals surface area contributed by atoms with Gasteiger partial charge in [-0.25, -0.2) is 0 Å². The van der Waals surface area contributed by atoms with Crippen LogP contribution in [0.25, 0.3) is 21.8 Å². The van der Waals surface area contributed by atoms with Crippen LogP contribution in [0.4, 0.5) is 0 Å². The Balaban J connectivity index is 2.02. The lowest BCUT2D eigenvalue weighted by Gasteiger charge is -2.02. The number of carbonyl (C=O) groups excluding carboxylic acids is 1. The molecule has 0 atom stereocenters. The summed E-state index contributed by atoms with van der Waals surface area (Å²) in [6.45, 7) is 2.22. The molecule has 21 heavy (non-hydrogen) atoms. The fraction of sp³-hybridized carbons (Fsp3) is 0.235. The molecule has 3 aromatic rings. The van der Waals surface area contributed by atoms with Crippen molar-refractivity contribution < 1.29 is 14.3 Å². The van der Waals surface area contributed by atoms with Crippen LogP contribution >= 0.6 is 0 Å². The molecule has 1 N–H and O–H groups in total. The predicted molar refractivity (Wildman–Crippen MR) is 82.7 cm³/mol. The zero-order valence-corrected chi connectivity index (χ0v) is 12.1. The first kappa shape index (κ1) is 13.5. The lowest BCUT2D eigenvalue weighted by atomic mass is 10.1. The van der Waals surface area contributed by atoms with Gasteiger partial charge in [-0.05, 0) is 36.8 Å². The monoisotopic (exact) mass is 283 g/mol. The van der Waals surface area contributed by atoms with E-state index in [1.165, 1.54) is 0 Å². The molecule has 1 aromatic heterocycles. The zero-order chi connectivity index (χ0) is 14.8. The smallest absolute Gasteiger partial charge is 0.310 e. The van der Waals surface area contributed by atoms with E-state index in [4.69, 9.17) is 9.47 Å². The van der Waals surface area contributed by atoms with Crippen LogP contribution in [0.15, 0.2) is 36.4 Å². The zero-order valence-electron chi connectivity index (χ0n) is 12.1. The summed E-state index contributed by atoms with van der Waals surface area (Å²) in [5.74, 6) is 0.633. The molecule has 0 unspecified atom stereocenters. The van der Waals surface area contributed by atoms with Crippen LogP contribution in [0.2, 0.25) is 0 Å². The van der Waals surface area contributed by atoms with Gasteiger partial charge in [-0.15, -0.1) is 0 Å². The second-order valence-electron chi connectivity index (χ2n) is 4.90. The van der Waals surface area contributed by atoms with Gasteiger partial charge in [-0.3, -0.25) is 4.79 Å². The summed E-state index contributed by atoms with van der Waals surface area (Å²) in [6.07, 6.45) is 0.294. The Morgan fingerprint density at radius 3 is 2.71 bits per heavy atom. The highest BCUT2D eigenvalue weighted by Crippen LogP contribution is 2.29. The SMILES string of the molecule is CCOC(=O)Cc1ccc2c(c1)[nH]c1ccc(OC)cc12. The van der Waals surface area contributed by atoms with Gasteiger partial charge in [0.15, 0.2) is 0 Å². The number of esters is 1. The molecule has 0 aliphatic carbocycles. The molecule has 0 bridgehead atoms. The van der Waals surface area contributed by atoms with E-state index in [2.05, 4.69) is 4.98 Å². The van der Waals surface area contributed by atoms with Crippen molar-refractivity contribution in [2.45, 2.75) is 13.3 Å². The lowest BCUT2D eigenvalue weighted by Crippen LogP contribution is -2.07. The van der Waals surface area contributed by atoms with Gasteiger partial charge in [-0.1, -0.05) is 12.1 Å². The number of hydrogen-bond donors (Lipinski definition) is 1. The number of benzene rings is 2. The summed E-state index contributed by atoms with van der Waals surface area (Å²) in [4.78, 5) is 14.9. The first-order chi connectivity index (χ1) is 10.2. The minimum Gasteiger partial charge on any atom is -0.497 e. The lowest BCUT2D eigenvalue weighted by molar-refractivity contribution is -0.142. The Labute approximate surface area is 122 Å². The largest absolute Gasteiger partial charge is 0.497 e. The molecule has 0 radical (unpaired) electrons. The fourth-order valence-electron chi connectivity index (χ4n) is 2.55. The number of methoxy groups -OCH3 is 1. The number of H-pyrrole nitrogens is 1. The van der Waals surface area contributed by atoms with Gasteiger partial charge in [0.25, 0.3) is 0 Å². The van der Waals surface area contributed by atoms with Crippen LogP contribution in [0.5, 0.6) is 5.75 Å². The summed E-state index contributed by atoms with van der Waals surface area (Å²) in [5, 5.41) is 2.24. The number of rotatable bonds is 4.